The summed E-state index contributed by atoms with van der Waals surface area (Å²) < 4.78 is 61.3. The van der Waals surface area contributed by atoms with Crippen LogP contribution in [0.15, 0.2) is 35.9 Å². The molecule has 7 N–H and O–H groups in total. The smallest absolute Gasteiger partial charge is 0.504 e. The summed E-state index contributed by atoms with van der Waals surface area (Å²) in [4.78, 5) is 61.1. The van der Waals surface area contributed by atoms with Crippen molar-refractivity contribution in [2.24, 2.45) is 22.7 Å². The number of aliphatic hydroxyl groups excluding tert-OH is 1. The van der Waals surface area contributed by atoms with E-state index in [0.29, 0.717) is 0 Å². The van der Waals surface area contributed by atoms with Gasteiger partial charge in [0.1, 0.15) is 18.9 Å². The first-order valence-corrected chi connectivity index (χ1v) is 18.1. The van der Waals surface area contributed by atoms with E-state index in [9.17, 15) is 34.5 Å². The second-order valence-corrected chi connectivity index (χ2v) is 15.8. The van der Waals surface area contributed by atoms with Gasteiger partial charge in [-0.3, -0.25) is 30.4 Å². The van der Waals surface area contributed by atoms with Crippen LogP contribution in [0, 0.1) is 22.7 Å². The minimum atomic E-state index is -2.45. The van der Waals surface area contributed by atoms with Crippen LogP contribution in [0.3, 0.4) is 0 Å². The number of alkyl halides is 2. The fraction of sp³-hybridized carbons (Fsp3) is 0.611. The number of aliphatic hydroxyl groups is 1. The first-order valence-electron chi connectivity index (χ1n) is 18.1. The maximum Gasteiger partial charge on any atom is 0.514 e. The van der Waals surface area contributed by atoms with Gasteiger partial charge < -0.3 is 39.0 Å². The predicted octanol–water partition coefficient (Wildman–Crippen LogP) is 2.94. The topological polar surface area (TPSA) is 281 Å². The van der Waals surface area contributed by atoms with E-state index in [1.165, 1.54) is 13.0 Å². The maximum absolute atomic E-state index is 17.7. The number of nitrogens with zero attached hydrogens (tertiary/aromatic N) is 2. The molecule has 4 fully saturated rings. The molecule has 3 unspecified atom stereocenters. The zero-order valence-corrected chi connectivity index (χ0v) is 31.6. The molecule has 1 aromatic carbocycles. The van der Waals surface area contributed by atoms with E-state index < -0.39 is 148 Å². The summed E-state index contributed by atoms with van der Waals surface area (Å²) in [5, 5.41) is 66.1. The van der Waals surface area contributed by atoms with Gasteiger partial charge in [-0.2, -0.15) is 0 Å². The number of carbonyl (C=O) groups excluding carboxylic acids is 4. The number of fused-ring (bicyclic) bond motifs is 7. The molecular formula is C36H44F2N2O18. The van der Waals surface area contributed by atoms with Gasteiger partial charge >= 0.3 is 12.1 Å². The Morgan fingerprint density at radius 1 is 1.02 bits per heavy atom. The number of halogens is 2. The molecule has 1 aliphatic heterocycles. The molecule has 58 heavy (non-hydrogen) atoms. The Morgan fingerprint density at radius 2 is 1.72 bits per heavy atom. The minimum Gasteiger partial charge on any atom is -0.504 e. The van der Waals surface area contributed by atoms with Crippen molar-refractivity contribution in [2.75, 3.05) is 19.8 Å². The Bertz CT molecular complexity index is 1890. The zero-order valence-electron chi connectivity index (χ0n) is 31.6. The summed E-state index contributed by atoms with van der Waals surface area (Å²) in [6, 6.07) is 1.55. The molecule has 4 aliphatic carbocycles. The van der Waals surface area contributed by atoms with Crippen molar-refractivity contribution in [3.63, 3.8) is 0 Å². The number of phenolic OH excluding ortho intramolecular Hbond substituents is 2. The van der Waals surface area contributed by atoms with Gasteiger partial charge in [-0.15, -0.1) is 0 Å². The number of benzene rings is 1. The van der Waals surface area contributed by atoms with Gasteiger partial charge in [0.2, 0.25) is 11.5 Å². The highest BCUT2D eigenvalue weighted by molar-refractivity contribution is 6.01. The van der Waals surface area contributed by atoms with Crippen molar-refractivity contribution in [3.8, 4) is 17.2 Å². The fourth-order valence-corrected chi connectivity index (χ4v) is 9.76. The van der Waals surface area contributed by atoms with E-state index in [1.54, 1.807) is 20.8 Å². The first-order chi connectivity index (χ1) is 27.0. The lowest BCUT2D eigenvalue weighted by atomic mass is 9.44. The molecule has 0 spiro atoms. The third-order valence-electron chi connectivity index (χ3n) is 12.1. The number of aromatic hydroxyl groups is 2. The van der Waals surface area contributed by atoms with Crippen molar-refractivity contribution in [1.82, 2.24) is 10.8 Å². The van der Waals surface area contributed by atoms with Crippen LogP contribution in [-0.2, 0) is 38.2 Å². The number of carbonyl (C=O) groups is 4. The maximum atomic E-state index is 17.7. The largest absolute Gasteiger partial charge is 0.514 e. The third-order valence-corrected chi connectivity index (χ3v) is 12.1. The van der Waals surface area contributed by atoms with Gasteiger partial charge in [-0.1, -0.05) is 13.0 Å². The Hall–Kier alpha value is -4.20. The van der Waals surface area contributed by atoms with Gasteiger partial charge in [0.05, 0.1) is 35.2 Å². The summed E-state index contributed by atoms with van der Waals surface area (Å²) >= 11 is 0. The number of hydrogen-bond acceptors (Lipinski definition) is 20. The SMILES string of the molecule is CC1(C)O[C@@H]2CC3C4C[C@H](F)C5=CC(=O)C=C[C@]5(C)[C@@]4(F)[C@@H](O)C[C@]3(C)[C@]2(C(=O)COC(=O)Oc2cc(C(=O)OCCC(CON(O)O)ON(O)O)cc(O)c2O)O1. The molecular weight excluding hydrogens is 786 g/mol. The van der Waals surface area contributed by atoms with Crippen molar-refractivity contribution in [1.29, 1.82) is 0 Å². The van der Waals surface area contributed by atoms with E-state index >= 15 is 8.78 Å². The molecule has 20 nitrogen and oxygen atoms in total. The molecule has 320 valence electrons. The van der Waals surface area contributed by atoms with Crippen LogP contribution < -0.4 is 4.74 Å². The lowest BCUT2D eigenvalue weighted by Gasteiger charge is -2.63. The van der Waals surface area contributed by atoms with Gasteiger partial charge in [0.25, 0.3) is 0 Å². The lowest BCUT2D eigenvalue weighted by molar-refractivity contribution is -0.527. The van der Waals surface area contributed by atoms with E-state index in [1.807, 2.05) is 0 Å². The van der Waals surface area contributed by atoms with Crippen LogP contribution in [-0.4, -0.2) is 132 Å². The Kier molecular flexibility index (Phi) is 11.5. The molecule has 1 heterocycles. The van der Waals surface area contributed by atoms with Crippen LogP contribution in [0.25, 0.3) is 0 Å². The summed E-state index contributed by atoms with van der Waals surface area (Å²) in [5.74, 6) is -8.64. The highest BCUT2D eigenvalue weighted by Gasteiger charge is 2.80. The Labute approximate surface area is 328 Å². The molecule has 3 saturated carbocycles. The highest BCUT2D eigenvalue weighted by atomic mass is 19.1. The van der Waals surface area contributed by atoms with Crippen molar-refractivity contribution in [3.05, 3.63) is 41.5 Å². The molecule has 0 aromatic heterocycles. The third kappa shape index (κ3) is 7.25. The normalized spacial score (nSPS) is 35.1. The summed E-state index contributed by atoms with van der Waals surface area (Å²) in [6.45, 7) is 3.92. The number of rotatable bonds is 13. The average Bonchev–Trinajstić information content (AvgIpc) is 3.54. The van der Waals surface area contributed by atoms with Crippen LogP contribution >= 0.6 is 0 Å². The molecule has 10 atom stereocenters. The van der Waals surface area contributed by atoms with Gasteiger partial charge in [-0.05, 0) is 75.8 Å². The quantitative estimate of drug-likeness (QED) is 0.0651. The number of ketones is 2. The number of phenols is 2. The molecule has 1 aromatic rings. The number of esters is 1. The van der Waals surface area contributed by atoms with Crippen LogP contribution in [0.4, 0.5) is 13.6 Å². The fourth-order valence-electron chi connectivity index (χ4n) is 9.76. The highest BCUT2D eigenvalue weighted by Crippen LogP contribution is 2.72. The lowest BCUT2D eigenvalue weighted by Crippen LogP contribution is -2.71. The monoisotopic (exact) mass is 830 g/mol. The van der Waals surface area contributed by atoms with Gasteiger partial charge in [0.15, 0.2) is 40.9 Å². The average molecular weight is 831 g/mol. The van der Waals surface area contributed by atoms with Crippen LogP contribution in [0.5, 0.6) is 17.2 Å². The summed E-state index contributed by atoms with van der Waals surface area (Å²) in [7, 11) is 0. The number of allylic oxidation sites excluding steroid dienone is 4. The number of ether oxygens (including phenoxy) is 5. The van der Waals surface area contributed by atoms with E-state index in [-0.39, 0.29) is 24.8 Å². The van der Waals surface area contributed by atoms with Crippen molar-refractivity contribution >= 4 is 23.7 Å². The molecule has 22 heteroatoms. The Balaban J connectivity index is 1.16. The van der Waals surface area contributed by atoms with Crippen LogP contribution in [0.1, 0.15) is 63.7 Å². The van der Waals surface area contributed by atoms with E-state index in [0.717, 1.165) is 24.3 Å². The number of Topliss-reactive ketones (excluding diaryl/α,β-unsaturated/α-hetero) is 1. The second kappa shape index (κ2) is 15.4. The standard InChI is InChI=1S/C36H44F2N2O18/c1-32(2)56-28-13-20-21-12-23(37)22-11-18(41)5-7-33(22,3)35(21,38)26(43)14-34(20,4)36(28,58-32)27(44)16-53-31(47)55-25-10-17(9-24(42)29(25)45)30(46)52-8-6-19(57-40(50)51)15-54-39(48)49/h5,7,9-11,19-21,23,26,28,42-43,45,48-51H,6,8,12-16H2,1-4H3/t19?,20?,21?,23-,26-,28+,33-,34-,35-,36+/m0/s1. The number of hydrogen-bond donors (Lipinski definition) is 7. The van der Waals surface area contributed by atoms with E-state index in [2.05, 4.69) is 9.68 Å². The molecule has 0 radical (unpaired) electrons. The van der Waals surface area contributed by atoms with Crippen molar-refractivity contribution < 1.29 is 97.5 Å². The first kappa shape index (κ1) is 43.4. The Morgan fingerprint density at radius 3 is 2.40 bits per heavy atom. The van der Waals surface area contributed by atoms with Crippen molar-refractivity contribution in [2.45, 2.75) is 94.9 Å². The van der Waals surface area contributed by atoms with Crippen LogP contribution in [0.2, 0.25) is 0 Å². The van der Waals surface area contributed by atoms with E-state index in [4.69, 9.17) is 44.5 Å². The second-order valence-electron chi connectivity index (χ2n) is 15.8. The minimum absolute atomic E-state index is 0.00635. The van der Waals surface area contributed by atoms with Gasteiger partial charge in [0, 0.05) is 23.2 Å². The molecule has 0 amide bonds. The molecule has 1 saturated heterocycles. The molecule has 0 bridgehead atoms. The predicted molar refractivity (Wildman–Crippen MR) is 180 cm³/mol. The zero-order chi connectivity index (χ0) is 42.7. The molecule has 6 rings (SSSR count). The van der Waals surface area contributed by atoms with Gasteiger partial charge in [-0.25, -0.2) is 28.0 Å². The summed E-state index contributed by atoms with van der Waals surface area (Å²) in [5.41, 5.74) is -8.03. The summed E-state index contributed by atoms with van der Waals surface area (Å²) in [6.07, 6.45) is -5.04. The molecule has 5 aliphatic rings.